The van der Waals surface area contributed by atoms with Crippen molar-refractivity contribution in [3.8, 4) is 6.07 Å². The summed E-state index contributed by atoms with van der Waals surface area (Å²) in [5, 5.41) is 8.41. The topological polar surface area (TPSA) is 23.8 Å². The summed E-state index contributed by atoms with van der Waals surface area (Å²) in [6, 6.07) is 2.06. The Bertz CT molecular complexity index is 191. The lowest BCUT2D eigenvalue weighted by Gasteiger charge is -1.97. The van der Waals surface area contributed by atoms with Crippen LogP contribution < -0.4 is 0 Å². The lowest BCUT2D eigenvalue weighted by atomic mass is 10.1. The van der Waals surface area contributed by atoms with Crippen molar-refractivity contribution < 1.29 is 0 Å². The van der Waals surface area contributed by atoms with Crippen LogP contribution in [0.1, 0.15) is 20.8 Å². The van der Waals surface area contributed by atoms with Crippen molar-refractivity contribution in [2.75, 3.05) is 0 Å². The van der Waals surface area contributed by atoms with E-state index in [1.807, 2.05) is 13.8 Å². The monoisotopic (exact) mass is 121 g/mol. The average Bonchev–Trinajstić information content (AvgIpc) is 1.84. The van der Waals surface area contributed by atoms with Crippen LogP contribution in [-0.4, -0.2) is 0 Å². The fraction of sp³-hybridized carbons (Fsp3) is 0.375. The highest BCUT2D eigenvalue weighted by atomic mass is 14.2. The van der Waals surface area contributed by atoms with Crippen molar-refractivity contribution >= 4 is 0 Å². The molecular formula is C8H11N. The summed E-state index contributed by atoms with van der Waals surface area (Å²) >= 11 is 0. The summed E-state index contributed by atoms with van der Waals surface area (Å²) in [5.74, 6) is 0. The molecule has 0 aromatic carbocycles. The number of hydrogen-bond donors (Lipinski definition) is 0. The number of hydrogen-bond acceptors (Lipinski definition) is 1. The van der Waals surface area contributed by atoms with Gasteiger partial charge in [-0.2, -0.15) is 5.26 Å². The molecule has 0 radical (unpaired) electrons. The molecule has 0 aromatic heterocycles. The number of rotatable bonds is 1. The van der Waals surface area contributed by atoms with E-state index in [9.17, 15) is 0 Å². The van der Waals surface area contributed by atoms with Crippen LogP contribution in [0.5, 0.6) is 0 Å². The fourth-order valence-electron chi connectivity index (χ4n) is 0.404. The van der Waals surface area contributed by atoms with Crippen LogP contribution in [0.4, 0.5) is 0 Å². The lowest BCUT2D eigenvalue weighted by molar-refractivity contribution is 1.28. The Morgan fingerprint density at radius 2 is 1.78 bits per heavy atom. The van der Waals surface area contributed by atoms with Crippen LogP contribution in [0.15, 0.2) is 23.3 Å². The molecule has 0 unspecified atom stereocenters. The molecule has 0 aliphatic carbocycles. The molecule has 0 atom stereocenters. The Balaban J connectivity index is 4.54. The number of nitrogens with zero attached hydrogens (tertiary/aromatic N) is 1. The maximum Gasteiger partial charge on any atom is 0.0946 e. The van der Waals surface area contributed by atoms with Gasteiger partial charge in [0.2, 0.25) is 0 Å². The molecule has 9 heavy (non-hydrogen) atoms. The molecule has 0 fully saturated rings. The first-order chi connectivity index (χ1) is 4.09. The Morgan fingerprint density at radius 3 is 1.89 bits per heavy atom. The summed E-state index contributed by atoms with van der Waals surface area (Å²) in [6.45, 7) is 9.31. The summed E-state index contributed by atoms with van der Waals surface area (Å²) in [4.78, 5) is 0. The second kappa shape index (κ2) is 3.09. The van der Waals surface area contributed by atoms with Crippen molar-refractivity contribution in [3.63, 3.8) is 0 Å². The van der Waals surface area contributed by atoms with Crippen LogP contribution in [-0.2, 0) is 0 Å². The normalized spacial score (nSPS) is 11.8. The molecule has 0 rings (SSSR count). The Hall–Kier alpha value is -1.03. The molecule has 0 aromatic rings. The lowest BCUT2D eigenvalue weighted by Crippen LogP contribution is -1.80. The number of nitriles is 1. The largest absolute Gasteiger partial charge is 0.193 e. The zero-order chi connectivity index (χ0) is 7.44. The third-order valence-corrected chi connectivity index (χ3v) is 1.37. The van der Waals surface area contributed by atoms with E-state index in [0.717, 1.165) is 16.7 Å². The Labute approximate surface area is 56.3 Å². The molecule has 0 aliphatic rings. The van der Waals surface area contributed by atoms with E-state index in [1.165, 1.54) is 0 Å². The first-order valence-electron chi connectivity index (χ1n) is 2.83. The molecule has 0 N–H and O–H groups in total. The summed E-state index contributed by atoms with van der Waals surface area (Å²) < 4.78 is 0. The molecule has 0 saturated heterocycles. The van der Waals surface area contributed by atoms with Gasteiger partial charge in [-0.05, 0) is 26.3 Å². The van der Waals surface area contributed by atoms with Crippen LogP contribution >= 0.6 is 0 Å². The second-order valence-electron chi connectivity index (χ2n) is 2.14. The minimum Gasteiger partial charge on any atom is -0.193 e. The van der Waals surface area contributed by atoms with E-state index in [0.29, 0.717) is 0 Å². The van der Waals surface area contributed by atoms with Crippen LogP contribution in [0.3, 0.4) is 0 Å². The zero-order valence-corrected chi connectivity index (χ0v) is 6.15. The highest BCUT2D eigenvalue weighted by Crippen LogP contribution is 2.09. The molecule has 0 amide bonds. The van der Waals surface area contributed by atoms with E-state index in [4.69, 9.17) is 5.26 Å². The van der Waals surface area contributed by atoms with Gasteiger partial charge < -0.3 is 0 Å². The van der Waals surface area contributed by atoms with Gasteiger partial charge in [-0.3, -0.25) is 0 Å². The summed E-state index contributed by atoms with van der Waals surface area (Å²) in [7, 11) is 0. The van der Waals surface area contributed by atoms with Gasteiger partial charge in [-0.15, -0.1) is 0 Å². The molecule has 0 spiro atoms. The van der Waals surface area contributed by atoms with Gasteiger partial charge in [-0.25, -0.2) is 0 Å². The highest BCUT2D eigenvalue weighted by molar-refractivity contribution is 5.35. The van der Waals surface area contributed by atoms with Crippen LogP contribution in [0.2, 0.25) is 0 Å². The average molecular weight is 121 g/mol. The minimum absolute atomic E-state index is 0.752. The molecular weight excluding hydrogens is 110 g/mol. The van der Waals surface area contributed by atoms with Gasteiger partial charge in [0.1, 0.15) is 0 Å². The molecule has 0 heterocycles. The smallest absolute Gasteiger partial charge is 0.0946 e. The predicted molar refractivity (Wildman–Crippen MR) is 38.8 cm³/mol. The van der Waals surface area contributed by atoms with Gasteiger partial charge in [0.15, 0.2) is 0 Å². The van der Waals surface area contributed by atoms with E-state index in [1.54, 1.807) is 6.92 Å². The highest BCUT2D eigenvalue weighted by Gasteiger charge is 1.93. The van der Waals surface area contributed by atoms with Gasteiger partial charge in [-0.1, -0.05) is 12.2 Å². The molecule has 48 valence electrons. The molecule has 1 nitrogen and oxygen atoms in total. The van der Waals surface area contributed by atoms with Crippen molar-refractivity contribution in [1.82, 2.24) is 0 Å². The Kier molecular flexibility index (Phi) is 2.73. The zero-order valence-electron chi connectivity index (χ0n) is 6.15. The predicted octanol–water partition coefficient (Wildman–Crippen LogP) is 2.42. The third kappa shape index (κ3) is 2.14. The summed E-state index contributed by atoms with van der Waals surface area (Å²) in [6.07, 6.45) is 0. The van der Waals surface area contributed by atoms with Crippen molar-refractivity contribution in [2.45, 2.75) is 20.8 Å². The van der Waals surface area contributed by atoms with Gasteiger partial charge in [0.25, 0.3) is 0 Å². The molecule has 0 saturated carbocycles. The van der Waals surface area contributed by atoms with Crippen molar-refractivity contribution in [3.05, 3.63) is 23.3 Å². The molecule has 0 bridgehead atoms. The van der Waals surface area contributed by atoms with E-state index in [-0.39, 0.29) is 0 Å². The quantitative estimate of drug-likeness (QED) is 0.386. The second-order valence-corrected chi connectivity index (χ2v) is 2.14. The van der Waals surface area contributed by atoms with Gasteiger partial charge >= 0.3 is 0 Å². The maximum absolute atomic E-state index is 8.41. The first kappa shape index (κ1) is 7.97. The SMILES string of the molecule is C=C(C)C(C)=C(C)C#N. The van der Waals surface area contributed by atoms with Crippen LogP contribution in [0.25, 0.3) is 0 Å². The molecule has 0 aliphatic heterocycles. The van der Waals surface area contributed by atoms with Crippen molar-refractivity contribution in [2.24, 2.45) is 0 Å². The first-order valence-corrected chi connectivity index (χ1v) is 2.83. The van der Waals surface area contributed by atoms with E-state index in [2.05, 4.69) is 12.6 Å². The van der Waals surface area contributed by atoms with Crippen LogP contribution in [0, 0.1) is 11.3 Å². The van der Waals surface area contributed by atoms with Crippen molar-refractivity contribution in [1.29, 1.82) is 5.26 Å². The van der Waals surface area contributed by atoms with Gasteiger partial charge in [0, 0.05) is 5.57 Å². The fourth-order valence-corrected chi connectivity index (χ4v) is 0.404. The van der Waals surface area contributed by atoms with Gasteiger partial charge in [0.05, 0.1) is 6.07 Å². The number of allylic oxidation sites excluding steroid dienone is 3. The standard InChI is InChI=1S/C8H11N/c1-6(2)8(4)7(3)5-9/h1H2,2-4H3. The Morgan fingerprint density at radius 1 is 1.33 bits per heavy atom. The van der Waals surface area contributed by atoms with E-state index < -0.39 is 0 Å². The minimum atomic E-state index is 0.752. The summed E-state index contributed by atoms with van der Waals surface area (Å²) in [5.41, 5.74) is 2.72. The third-order valence-electron chi connectivity index (χ3n) is 1.37. The van der Waals surface area contributed by atoms with E-state index >= 15 is 0 Å². The molecule has 1 heteroatoms. The maximum atomic E-state index is 8.41.